The van der Waals surface area contributed by atoms with Gasteiger partial charge in [0.2, 0.25) is 0 Å². The van der Waals surface area contributed by atoms with Crippen LogP contribution in [0.15, 0.2) is 0 Å². The van der Waals surface area contributed by atoms with Crippen molar-refractivity contribution in [3.8, 4) is 0 Å². The molecule has 0 aromatic rings. The maximum atomic E-state index is 0. The zero-order valence-corrected chi connectivity index (χ0v) is 8.62. The molecule has 0 aliphatic carbocycles. The first kappa shape index (κ1) is 28.9. The molecule has 0 heterocycles. The summed E-state index contributed by atoms with van der Waals surface area (Å²) in [5.74, 6) is 0. The summed E-state index contributed by atoms with van der Waals surface area (Å²) < 4.78 is 0. The third-order valence-electron chi connectivity index (χ3n) is 0. The van der Waals surface area contributed by atoms with E-state index in [0.29, 0.717) is 0 Å². The van der Waals surface area contributed by atoms with Crippen molar-refractivity contribution in [2.24, 2.45) is 0 Å². The third-order valence-corrected chi connectivity index (χ3v) is 0. The average molecular weight is 159 g/mol. The maximum absolute atomic E-state index is 0. The first-order chi connectivity index (χ1) is 0. The van der Waals surface area contributed by atoms with E-state index >= 15 is 0 Å². The number of halogens is 1. The van der Waals surface area contributed by atoms with E-state index in [0.717, 1.165) is 0 Å². The molecule has 0 bridgehead atoms. The molecule has 0 saturated carbocycles. The molecule has 0 unspecified atom stereocenters. The molecule has 1 nitrogen and oxygen atoms in total. The van der Waals surface area contributed by atoms with Crippen LogP contribution in [0.25, 0.3) is 0 Å². The van der Waals surface area contributed by atoms with Crippen LogP contribution in [0.5, 0.6) is 0 Å². The number of hydrogen-bond acceptors (Lipinski definition) is 0. The Hall–Kier alpha value is 2.84. The summed E-state index contributed by atoms with van der Waals surface area (Å²) in [6.45, 7) is 0. The Kier molecular flexibility index (Phi) is 123. The van der Waals surface area contributed by atoms with E-state index in [4.69, 9.17) is 0 Å². The summed E-state index contributed by atoms with van der Waals surface area (Å²) in [7, 11) is 0. The van der Waals surface area contributed by atoms with Gasteiger partial charge in [-0.3, -0.25) is 0 Å². The molecule has 0 rings (SSSR count). The van der Waals surface area contributed by atoms with Gasteiger partial charge in [-0.2, -0.15) is 0 Å². The van der Waals surface area contributed by atoms with Crippen LogP contribution in [-0.2, 0) is 5.48 Å². The number of hydrogen-bond donors (Lipinski definition) is 0. The van der Waals surface area contributed by atoms with Gasteiger partial charge in [0.15, 0.2) is 0 Å². The van der Waals surface area contributed by atoms with E-state index in [1.807, 2.05) is 0 Å². The molecular formula is BrKMgO. The summed E-state index contributed by atoms with van der Waals surface area (Å²) in [4.78, 5) is 0. The zero-order valence-electron chi connectivity index (χ0n) is 2.49. The van der Waals surface area contributed by atoms with Crippen LogP contribution in [0.1, 0.15) is 0 Å². The van der Waals surface area contributed by atoms with Crippen LogP contribution in [-0.4, -0.2) is 23.1 Å². The molecule has 0 aliphatic rings. The summed E-state index contributed by atoms with van der Waals surface area (Å²) >= 11 is 0. The molecule has 0 aliphatic heterocycles. The largest absolute Gasteiger partial charge is 2.00 e. The average Bonchev–Trinajstić information content (AvgIpc) is 0. The summed E-state index contributed by atoms with van der Waals surface area (Å²) in [5, 5.41) is 0. The van der Waals surface area contributed by atoms with E-state index in [-0.39, 0.29) is 96.9 Å². The van der Waals surface area contributed by atoms with Crippen LogP contribution in [0.2, 0.25) is 0 Å². The fourth-order valence-electron chi connectivity index (χ4n) is 0. The first-order valence-corrected chi connectivity index (χ1v) is 0. The van der Waals surface area contributed by atoms with Gasteiger partial charge < -0.3 is 22.5 Å². The van der Waals surface area contributed by atoms with Crippen LogP contribution in [0, 0.1) is 0 Å². The Morgan fingerprint density at radius 2 is 1.00 bits per heavy atom. The molecule has 16 valence electrons. The second kappa shape index (κ2) is 17.0. The Morgan fingerprint density at radius 1 is 1.00 bits per heavy atom. The van der Waals surface area contributed by atoms with Crippen molar-refractivity contribution in [3.05, 3.63) is 0 Å². The minimum absolute atomic E-state index is 0. The van der Waals surface area contributed by atoms with Gasteiger partial charge in [-0.05, 0) is 0 Å². The van der Waals surface area contributed by atoms with Crippen molar-refractivity contribution in [2.75, 3.05) is 0 Å². The predicted octanol–water partition coefficient (Wildman–Crippen LogP) is -6.49. The number of rotatable bonds is 0. The Bertz CT molecular complexity index is 8.00. The van der Waals surface area contributed by atoms with Crippen LogP contribution in [0.4, 0.5) is 0 Å². The van der Waals surface area contributed by atoms with Crippen molar-refractivity contribution in [2.45, 2.75) is 0 Å². The van der Waals surface area contributed by atoms with Gasteiger partial charge in [-0.25, -0.2) is 0 Å². The van der Waals surface area contributed by atoms with Crippen molar-refractivity contribution < 1.29 is 73.8 Å². The molecule has 0 spiro atoms. The van der Waals surface area contributed by atoms with Gasteiger partial charge in [-0.15, -0.1) is 0 Å². The van der Waals surface area contributed by atoms with Gasteiger partial charge in [0.25, 0.3) is 0 Å². The zero-order chi connectivity index (χ0) is 0. The molecule has 0 saturated heterocycles. The minimum atomic E-state index is 0. The Balaban J connectivity index is 0. The molecule has 4 heteroatoms. The first-order valence-electron chi connectivity index (χ1n) is 0. The van der Waals surface area contributed by atoms with Gasteiger partial charge in [0.1, 0.15) is 0 Å². The van der Waals surface area contributed by atoms with Crippen molar-refractivity contribution in [1.82, 2.24) is 0 Å². The molecule has 0 atom stereocenters. The molecule has 4 heavy (non-hydrogen) atoms. The van der Waals surface area contributed by atoms with E-state index in [1.54, 1.807) is 0 Å². The monoisotopic (exact) mass is 158 g/mol. The van der Waals surface area contributed by atoms with Gasteiger partial charge in [-0.1, -0.05) is 0 Å². The second-order valence-corrected chi connectivity index (χ2v) is 0. The van der Waals surface area contributed by atoms with Crippen LogP contribution < -0.4 is 68.4 Å². The third kappa shape index (κ3) is 8.85. The summed E-state index contributed by atoms with van der Waals surface area (Å²) in [6, 6.07) is 0. The van der Waals surface area contributed by atoms with Gasteiger partial charge >= 0.3 is 74.4 Å². The topological polar surface area (TPSA) is 28.5 Å². The predicted molar refractivity (Wildman–Crippen MR) is 6.44 cm³/mol. The van der Waals surface area contributed by atoms with E-state index in [9.17, 15) is 0 Å². The summed E-state index contributed by atoms with van der Waals surface area (Å²) in [5.41, 5.74) is 0. The second-order valence-electron chi connectivity index (χ2n) is 0. The van der Waals surface area contributed by atoms with E-state index in [1.165, 1.54) is 0 Å². The summed E-state index contributed by atoms with van der Waals surface area (Å²) in [6.07, 6.45) is 0. The molecule has 0 aromatic carbocycles. The van der Waals surface area contributed by atoms with Crippen molar-refractivity contribution >= 4 is 23.1 Å². The fraction of sp³-hybridized carbons (Fsp3) is 0. The molecule has 0 N–H and O–H groups in total. The van der Waals surface area contributed by atoms with Gasteiger partial charge in [0.05, 0.1) is 0 Å². The van der Waals surface area contributed by atoms with Gasteiger partial charge in [0, 0.05) is 0 Å². The van der Waals surface area contributed by atoms with Crippen LogP contribution >= 0.6 is 0 Å². The maximum Gasteiger partial charge on any atom is 2.00 e. The Labute approximate surface area is 94.6 Å². The van der Waals surface area contributed by atoms with E-state index < -0.39 is 0 Å². The van der Waals surface area contributed by atoms with Crippen molar-refractivity contribution in [3.63, 3.8) is 0 Å². The van der Waals surface area contributed by atoms with Crippen LogP contribution in [0.3, 0.4) is 0 Å². The minimum Gasteiger partial charge on any atom is -2.00 e. The quantitative estimate of drug-likeness (QED) is 0.315. The molecule has 0 fully saturated rings. The smallest absolute Gasteiger partial charge is 2.00 e. The molecule has 0 radical (unpaired) electrons. The van der Waals surface area contributed by atoms with Crippen molar-refractivity contribution in [1.29, 1.82) is 0 Å². The molecule has 0 amide bonds. The fourth-order valence-corrected chi connectivity index (χ4v) is 0. The standard InChI is InChI=1S/BrH.K.Mg.O/h1H;;;/q;+1;+2;-2/p-1. The normalized spacial score (nSPS) is 0. The Morgan fingerprint density at radius 3 is 1.00 bits per heavy atom. The van der Waals surface area contributed by atoms with E-state index in [2.05, 4.69) is 0 Å². The molecule has 0 aromatic heterocycles. The SMILES string of the molecule is [Br-].[K+].[Mg+2].[O-2]. The molecular weight excluding hydrogens is 159 g/mol.